The minimum Gasteiger partial charge on any atom is -0.372 e. The average molecular weight is 429 g/mol. The number of nitrogens with two attached hydrogens (primary N) is 1. The molecule has 8 nitrogen and oxygen atoms in total. The Hall–Kier alpha value is -3.58. The van der Waals surface area contributed by atoms with Crippen LogP contribution in [0.15, 0.2) is 30.3 Å². The lowest BCUT2D eigenvalue weighted by molar-refractivity contribution is -0.135. The van der Waals surface area contributed by atoms with Crippen molar-refractivity contribution < 1.29 is 23.5 Å². The van der Waals surface area contributed by atoms with E-state index in [1.165, 1.54) is 15.9 Å². The van der Waals surface area contributed by atoms with Crippen molar-refractivity contribution in [3.8, 4) is 23.2 Å². The first kappa shape index (κ1) is 22.1. The molecule has 1 saturated heterocycles. The SMILES string of the molecule is CCN(C)C(=O)C(O)C#Cc1cccc(-c2nc(C(N)=O)cc(N3CC(F)(F)C3)n2)c1. The Morgan fingerprint density at radius 2 is 2.03 bits per heavy atom. The molecule has 1 aliphatic heterocycles. The second-order valence-corrected chi connectivity index (χ2v) is 7.12. The number of aliphatic hydroxyl groups is 1. The molecule has 0 radical (unpaired) electrons. The number of hydrogen-bond donors (Lipinski definition) is 2. The van der Waals surface area contributed by atoms with E-state index in [1.54, 1.807) is 38.2 Å². The van der Waals surface area contributed by atoms with Crippen LogP contribution in [0, 0.1) is 11.8 Å². The van der Waals surface area contributed by atoms with Crippen molar-refractivity contribution in [2.24, 2.45) is 5.73 Å². The summed E-state index contributed by atoms with van der Waals surface area (Å²) in [6.07, 6.45) is -1.47. The number of alkyl halides is 2. The van der Waals surface area contributed by atoms with Gasteiger partial charge in [0, 0.05) is 30.8 Å². The molecule has 0 bridgehead atoms. The molecule has 1 atom stereocenters. The number of halogens is 2. The summed E-state index contributed by atoms with van der Waals surface area (Å²) in [6.45, 7) is 1.19. The third-order valence-corrected chi connectivity index (χ3v) is 4.69. The number of anilines is 1. The van der Waals surface area contributed by atoms with E-state index in [9.17, 15) is 23.5 Å². The van der Waals surface area contributed by atoms with Gasteiger partial charge in [-0.2, -0.15) is 0 Å². The molecule has 3 rings (SSSR count). The number of amides is 2. The molecule has 2 heterocycles. The summed E-state index contributed by atoms with van der Waals surface area (Å²) >= 11 is 0. The molecular formula is C21H21F2N5O3. The van der Waals surface area contributed by atoms with E-state index in [-0.39, 0.29) is 17.3 Å². The van der Waals surface area contributed by atoms with Crippen molar-refractivity contribution >= 4 is 17.6 Å². The maximum absolute atomic E-state index is 13.2. The highest BCUT2D eigenvalue weighted by Gasteiger charge is 2.44. The van der Waals surface area contributed by atoms with E-state index in [0.29, 0.717) is 17.7 Å². The highest BCUT2D eigenvalue weighted by atomic mass is 19.3. The minimum atomic E-state index is -2.81. The monoisotopic (exact) mass is 429 g/mol. The largest absolute Gasteiger partial charge is 0.372 e. The maximum atomic E-state index is 13.2. The van der Waals surface area contributed by atoms with E-state index in [1.807, 2.05) is 0 Å². The molecule has 10 heteroatoms. The number of rotatable bonds is 5. The fraction of sp³-hybridized carbons (Fsp3) is 0.333. The van der Waals surface area contributed by atoms with Crippen LogP contribution in [0.1, 0.15) is 23.0 Å². The fourth-order valence-electron chi connectivity index (χ4n) is 2.84. The van der Waals surface area contributed by atoms with Gasteiger partial charge in [0.05, 0.1) is 13.1 Å². The Kier molecular flexibility index (Phi) is 6.17. The zero-order chi connectivity index (χ0) is 22.8. The number of hydrogen-bond acceptors (Lipinski definition) is 6. The number of benzene rings is 1. The molecule has 0 aliphatic carbocycles. The van der Waals surface area contributed by atoms with Gasteiger partial charge in [-0.25, -0.2) is 18.7 Å². The maximum Gasteiger partial charge on any atom is 0.282 e. The van der Waals surface area contributed by atoms with Gasteiger partial charge in [-0.3, -0.25) is 9.59 Å². The van der Waals surface area contributed by atoms with E-state index < -0.39 is 36.9 Å². The number of carbonyl (C=O) groups is 2. The number of primary amides is 1. The van der Waals surface area contributed by atoms with Gasteiger partial charge in [0.1, 0.15) is 11.5 Å². The molecule has 1 fully saturated rings. The summed E-state index contributed by atoms with van der Waals surface area (Å²) in [4.78, 5) is 34.7. The normalized spacial score (nSPS) is 15.3. The zero-order valence-corrected chi connectivity index (χ0v) is 17.0. The molecule has 2 amide bonds. The lowest BCUT2D eigenvalue weighted by Crippen LogP contribution is -2.56. The number of carbonyl (C=O) groups excluding carboxylic acids is 2. The molecule has 1 aromatic carbocycles. The van der Waals surface area contributed by atoms with E-state index in [2.05, 4.69) is 21.8 Å². The van der Waals surface area contributed by atoms with Crippen molar-refractivity contribution in [2.75, 3.05) is 31.6 Å². The number of nitrogens with zero attached hydrogens (tertiary/aromatic N) is 4. The van der Waals surface area contributed by atoms with Gasteiger partial charge in [0.25, 0.3) is 17.7 Å². The first-order chi connectivity index (χ1) is 14.6. The van der Waals surface area contributed by atoms with Crippen molar-refractivity contribution in [2.45, 2.75) is 19.0 Å². The first-order valence-corrected chi connectivity index (χ1v) is 9.46. The highest BCUT2D eigenvalue weighted by molar-refractivity contribution is 5.92. The van der Waals surface area contributed by atoms with Gasteiger partial charge >= 0.3 is 0 Å². The van der Waals surface area contributed by atoms with Crippen LogP contribution < -0.4 is 10.6 Å². The first-order valence-electron chi connectivity index (χ1n) is 9.46. The second-order valence-electron chi connectivity index (χ2n) is 7.12. The van der Waals surface area contributed by atoms with Crippen LogP contribution in [-0.4, -0.2) is 70.5 Å². The molecule has 0 saturated carbocycles. The lowest BCUT2D eigenvalue weighted by Gasteiger charge is -2.39. The summed E-state index contributed by atoms with van der Waals surface area (Å²) in [5.41, 5.74) is 6.17. The standard InChI is InChI=1S/C21H21F2N5O3/c1-3-27(2)20(31)16(29)8-7-13-5-4-6-14(9-13)19-25-15(18(24)30)10-17(26-19)28-11-21(22,23)12-28/h4-6,9-10,16,29H,3,11-12H2,1-2H3,(H2,24,30). The van der Waals surface area contributed by atoms with E-state index in [0.717, 1.165) is 0 Å². The van der Waals surface area contributed by atoms with E-state index >= 15 is 0 Å². The molecule has 2 aromatic rings. The van der Waals surface area contributed by atoms with Crippen molar-refractivity contribution in [1.82, 2.24) is 14.9 Å². The smallest absolute Gasteiger partial charge is 0.282 e. The number of likely N-dealkylation sites (N-methyl/N-ethyl adjacent to an activating group) is 1. The number of aromatic nitrogens is 2. The summed E-state index contributed by atoms with van der Waals surface area (Å²) < 4.78 is 26.5. The van der Waals surface area contributed by atoms with Gasteiger partial charge < -0.3 is 20.6 Å². The summed E-state index contributed by atoms with van der Waals surface area (Å²) in [7, 11) is 1.56. The molecule has 1 aliphatic rings. The molecule has 1 unspecified atom stereocenters. The van der Waals surface area contributed by atoms with Crippen LogP contribution in [0.3, 0.4) is 0 Å². The van der Waals surface area contributed by atoms with Crippen molar-refractivity contribution in [3.63, 3.8) is 0 Å². The third-order valence-electron chi connectivity index (χ3n) is 4.69. The molecular weight excluding hydrogens is 408 g/mol. The quantitative estimate of drug-likeness (QED) is 0.683. The Morgan fingerprint density at radius 3 is 2.65 bits per heavy atom. The van der Waals surface area contributed by atoms with Crippen LogP contribution in [0.4, 0.5) is 14.6 Å². The Morgan fingerprint density at radius 1 is 1.32 bits per heavy atom. The van der Waals surface area contributed by atoms with Crippen LogP contribution in [0.2, 0.25) is 0 Å². The Labute approximate surface area is 177 Å². The average Bonchev–Trinajstić information content (AvgIpc) is 2.74. The zero-order valence-electron chi connectivity index (χ0n) is 17.0. The molecule has 0 spiro atoms. The van der Waals surface area contributed by atoms with Gasteiger partial charge in [0.2, 0.25) is 0 Å². The van der Waals surface area contributed by atoms with Crippen LogP contribution in [0.25, 0.3) is 11.4 Å². The summed E-state index contributed by atoms with van der Waals surface area (Å²) in [5.74, 6) is 1.36. The molecule has 31 heavy (non-hydrogen) atoms. The van der Waals surface area contributed by atoms with Crippen LogP contribution >= 0.6 is 0 Å². The van der Waals surface area contributed by atoms with Gasteiger partial charge in [-0.05, 0) is 19.1 Å². The van der Waals surface area contributed by atoms with Gasteiger partial charge in [-0.15, -0.1) is 0 Å². The molecule has 3 N–H and O–H groups in total. The molecule has 162 valence electrons. The van der Waals surface area contributed by atoms with Crippen LogP contribution in [0.5, 0.6) is 0 Å². The van der Waals surface area contributed by atoms with E-state index in [4.69, 9.17) is 5.73 Å². The topological polar surface area (TPSA) is 113 Å². The Balaban J connectivity index is 1.90. The van der Waals surface area contributed by atoms with Crippen LogP contribution in [-0.2, 0) is 4.79 Å². The predicted octanol–water partition coefficient (Wildman–Crippen LogP) is 0.888. The minimum absolute atomic E-state index is 0.102. The molecule has 1 aromatic heterocycles. The predicted molar refractivity (Wildman–Crippen MR) is 109 cm³/mol. The van der Waals surface area contributed by atoms with Crippen molar-refractivity contribution in [3.05, 3.63) is 41.6 Å². The highest BCUT2D eigenvalue weighted by Crippen LogP contribution is 2.32. The second kappa shape index (κ2) is 8.65. The van der Waals surface area contributed by atoms with Crippen molar-refractivity contribution in [1.29, 1.82) is 0 Å². The fourth-order valence-corrected chi connectivity index (χ4v) is 2.84. The summed E-state index contributed by atoms with van der Waals surface area (Å²) in [5, 5.41) is 9.93. The van der Waals surface area contributed by atoms with Gasteiger partial charge in [-0.1, -0.05) is 24.0 Å². The summed E-state index contributed by atoms with van der Waals surface area (Å²) in [6, 6.07) is 7.85. The Bertz CT molecular complexity index is 1070. The van der Waals surface area contributed by atoms with Gasteiger partial charge in [0.15, 0.2) is 11.9 Å². The lowest BCUT2D eigenvalue weighted by atomic mass is 10.1. The number of aliphatic hydroxyl groups excluding tert-OH is 1. The third kappa shape index (κ3) is 5.13.